The van der Waals surface area contributed by atoms with Crippen molar-refractivity contribution in [2.24, 2.45) is 5.92 Å². The lowest BCUT2D eigenvalue weighted by atomic mass is 9.88. The Morgan fingerprint density at radius 1 is 1.33 bits per heavy atom. The van der Waals surface area contributed by atoms with Gasteiger partial charge in [0.25, 0.3) is 0 Å². The van der Waals surface area contributed by atoms with Gasteiger partial charge in [-0.15, -0.1) is 0 Å². The third-order valence-corrected chi connectivity index (χ3v) is 5.49. The van der Waals surface area contributed by atoms with Gasteiger partial charge < -0.3 is 9.84 Å². The van der Waals surface area contributed by atoms with Crippen molar-refractivity contribution in [1.82, 2.24) is 4.72 Å². The van der Waals surface area contributed by atoms with Crippen LogP contribution in [-0.4, -0.2) is 33.3 Å². The molecule has 1 saturated carbocycles. The van der Waals surface area contributed by atoms with Gasteiger partial charge in [0.2, 0.25) is 10.0 Å². The molecule has 0 saturated heterocycles. The molecule has 118 valence electrons. The van der Waals surface area contributed by atoms with Crippen LogP contribution in [0.4, 0.5) is 0 Å². The summed E-state index contributed by atoms with van der Waals surface area (Å²) < 4.78 is 32.4. The van der Waals surface area contributed by atoms with Crippen molar-refractivity contribution in [2.75, 3.05) is 13.7 Å². The molecule has 2 rings (SSSR count). The molecule has 0 radical (unpaired) electrons. The molecule has 7 heteroatoms. The zero-order valence-electron chi connectivity index (χ0n) is 11.9. The van der Waals surface area contributed by atoms with E-state index in [1.54, 1.807) is 0 Å². The lowest BCUT2D eigenvalue weighted by Gasteiger charge is -2.25. The average Bonchev–Trinajstić information content (AvgIpc) is 2.46. The summed E-state index contributed by atoms with van der Waals surface area (Å²) in [6.07, 6.45) is 2.89. The van der Waals surface area contributed by atoms with Gasteiger partial charge in [-0.25, -0.2) is 13.1 Å². The number of benzene rings is 1. The zero-order chi connectivity index (χ0) is 15.5. The number of methoxy groups -OCH3 is 1. The largest absolute Gasteiger partial charge is 0.495 e. The maximum atomic E-state index is 12.3. The molecule has 21 heavy (non-hydrogen) atoms. The van der Waals surface area contributed by atoms with Gasteiger partial charge >= 0.3 is 0 Å². The van der Waals surface area contributed by atoms with E-state index in [-0.39, 0.29) is 22.7 Å². The Balaban J connectivity index is 2.05. The van der Waals surface area contributed by atoms with Gasteiger partial charge in [-0.3, -0.25) is 0 Å². The second kappa shape index (κ2) is 6.96. The minimum absolute atomic E-state index is 0.0882. The second-order valence-electron chi connectivity index (χ2n) is 5.32. The van der Waals surface area contributed by atoms with E-state index < -0.39 is 10.0 Å². The van der Waals surface area contributed by atoms with Gasteiger partial charge in [0.05, 0.1) is 13.2 Å². The van der Waals surface area contributed by atoms with E-state index in [4.69, 9.17) is 16.3 Å². The molecule has 0 heterocycles. The first-order valence-electron chi connectivity index (χ1n) is 6.93. The minimum Gasteiger partial charge on any atom is -0.495 e. The van der Waals surface area contributed by atoms with Gasteiger partial charge in [-0.05, 0) is 43.7 Å². The standard InChI is InChI=1S/C14H20ClNO4S/c1-20-13-8-11(15)4-7-14(13)21(18,19)16-9-10-2-5-12(17)6-3-10/h4,7-8,10,12,16-17H,2-3,5-6,9H2,1H3. The molecule has 0 spiro atoms. The Morgan fingerprint density at radius 3 is 2.62 bits per heavy atom. The Kier molecular flexibility index (Phi) is 5.48. The van der Waals surface area contributed by atoms with Crippen molar-refractivity contribution in [3.8, 4) is 5.75 Å². The SMILES string of the molecule is COc1cc(Cl)ccc1S(=O)(=O)NCC1CCC(O)CC1. The fraction of sp³-hybridized carbons (Fsp3) is 0.571. The predicted molar refractivity (Wildman–Crippen MR) is 81.2 cm³/mol. The summed E-state index contributed by atoms with van der Waals surface area (Å²) in [6, 6.07) is 4.44. The highest BCUT2D eigenvalue weighted by Gasteiger charge is 2.24. The molecule has 1 aliphatic carbocycles. The quantitative estimate of drug-likeness (QED) is 0.866. The maximum absolute atomic E-state index is 12.3. The van der Waals surface area contributed by atoms with Crippen LogP contribution in [0.2, 0.25) is 5.02 Å². The number of rotatable bonds is 5. The number of aliphatic hydroxyl groups excluding tert-OH is 1. The van der Waals surface area contributed by atoms with E-state index in [0.717, 1.165) is 25.7 Å². The first kappa shape index (κ1) is 16.5. The number of nitrogens with one attached hydrogen (secondary N) is 1. The molecule has 1 aliphatic rings. The highest BCUT2D eigenvalue weighted by Crippen LogP contribution is 2.28. The van der Waals surface area contributed by atoms with Crippen LogP contribution in [0.3, 0.4) is 0 Å². The third-order valence-electron chi connectivity index (χ3n) is 3.79. The van der Waals surface area contributed by atoms with Gasteiger partial charge in [0.15, 0.2) is 0 Å². The lowest BCUT2D eigenvalue weighted by Crippen LogP contribution is -2.32. The number of halogens is 1. The molecule has 1 aromatic carbocycles. The summed E-state index contributed by atoms with van der Waals surface area (Å²) >= 11 is 5.84. The molecule has 0 aliphatic heterocycles. The molecule has 2 N–H and O–H groups in total. The van der Waals surface area contributed by atoms with E-state index in [0.29, 0.717) is 11.6 Å². The van der Waals surface area contributed by atoms with Gasteiger partial charge in [-0.2, -0.15) is 0 Å². The molecule has 5 nitrogen and oxygen atoms in total. The van der Waals surface area contributed by atoms with Crippen molar-refractivity contribution in [3.63, 3.8) is 0 Å². The topological polar surface area (TPSA) is 75.6 Å². The van der Waals surface area contributed by atoms with Crippen LogP contribution < -0.4 is 9.46 Å². The van der Waals surface area contributed by atoms with Crippen LogP contribution in [0.5, 0.6) is 5.75 Å². The lowest BCUT2D eigenvalue weighted by molar-refractivity contribution is 0.109. The number of hydrogen-bond acceptors (Lipinski definition) is 4. The third kappa shape index (κ3) is 4.32. The normalized spacial score (nSPS) is 23.0. The van der Waals surface area contributed by atoms with Gasteiger partial charge in [0.1, 0.15) is 10.6 Å². The monoisotopic (exact) mass is 333 g/mol. The molecule has 1 fully saturated rings. The van der Waals surface area contributed by atoms with E-state index in [9.17, 15) is 13.5 Å². The molecule has 0 bridgehead atoms. The molecule has 1 aromatic rings. The van der Waals surface area contributed by atoms with Crippen LogP contribution in [0, 0.1) is 5.92 Å². The summed E-state index contributed by atoms with van der Waals surface area (Å²) in [7, 11) is -2.22. The fourth-order valence-electron chi connectivity index (χ4n) is 2.52. The Hall–Kier alpha value is -0.820. The molecule has 0 unspecified atom stereocenters. The van der Waals surface area contributed by atoms with Crippen LogP contribution in [0.25, 0.3) is 0 Å². The number of aliphatic hydroxyl groups is 1. The molecule has 0 aromatic heterocycles. The first-order chi connectivity index (χ1) is 9.92. The van der Waals surface area contributed by atoms with Crippen LogP contribution in [-0.2, 0) is 10.0 Å². The maximum Gasteiger partial charge on any atom is 0.244 e. The predicted octanol–water partition coefficient (Wildman–Crippen LogP) is 2.18. The van der Waals surface area contributed by atoms with E-state index in [1.165, 1.54) is 25.3 Å². The van der Waals surface area contributed by atoms with E-state index >= 15 is 0 Å². The van der Waals surface area contributed by atoms with Gasteiger partial charge in [0, 0.05) is 17.6 Å². The van der Waals surface area contributed by atoms with Crippen LogP contribution in [0.15, 0.2) is 23.1 Å². The number of sulfonamides is 1. The highest BCUT2D eigenvalue weighted by molar-refractivity contribution is 7.89. The van der Waals surface area contributed by atoms with Gasteiger partial charge in [-0.1, -0.05) is 11.6 Å². The Labute approximate surface area is 130 Å². The molecular weight excluding hydrogens is 314 g/mol. The summed E-state index contributed by atoms with van der Waals surface area (Å²) in [5.74, 6) is 0.496. The molecule has 0 amide bonds. The molecule has 0 atom stereocenters. The van der Waals surface area contributed by atoms with Crippen LogP contribution >= 0.6 is 11.6 Å². The first-order valence-corrected chi connectivity index (χ1v) is 8.80. The summed E-state index contributed by atoms with van der Waals surface area (Å²) in [4.78, 5) is 0.0882. The minimum atomic E-state index is -3.63. The van der Waals surface area contributed by atoms with Crippen LogP contribution in [0.1, 0.15) is 25.7 Å². The Bertz CT molecular complexity index is 583. The second-order valence-corrected chi connectivity index (χ2v) is 7.49. The van der Waals surface area contributed by atoms with Crippen molar-refractivity contribution >= 4 is 21.6 Å². The molecular formula is C14H20ClNO4S. The summed E-state index contributed by atoms with van der Waals surface area (Å²) in [5, 5.41) is 9.88. The number of ether oxygens (including phenoxy) is 1. The smallest absolute Gasteiger partial charge is 0.244 e. The average molecular weight is 334 g/mol. The fourth-order valence-corrected chi connectivity index (χ4v) is 3.94. The highest BCUT2D eigenvalue weighted by atomic mass is 35.5. The van der Waals surface area contributed by atoms with Crippen molar-refractivity contribution in [2.45, 2.75) is 36.7 Å². The van der Waals surface area contributed by atoms with E-state index in [2.05, 4.69) is 4.72 Å². The number of hydrogen-bond donors (Lipinski definition) is 2. The summed E-state index contributed by atoms with van der Waals surface area (Å²) in [6.45, 7) is 0.376. The summed E-state index contributed by atoms with van der Waals surface area (Å²) in [5.41, 5.74) is 0. The Morgan fingerprint density at radius 2 is 2.00 bits per heavy atom. The zero-order valence-corrected chi connectivity index (χ0v) is 13.5. The van der Waals surface area contributed by atoms with Crippen molar-refractivity contribution < 1.29 is 18.3 Å². The van der Waals surface area contributed by atoms with Crippen molar-refractivity contribution in [3.05, 3.63) is 23.2 Å². The van der Waals surface area contributed by atoms with Crippen molar-refractivity contribution in [1.29, 1.82) is 0 Å². The van der Waals surface area contributed by atoms with E-state index in [1.807, 2.05) is 0 Å².